The van der Waals surface area contributed by atoms with E-state index >= 15 is 0 Å². The van der Waals surface area contributed by atoms with Crippen LogP contribution >= 0.6 is 0 Å². The Balaban J connectivity index is 2.43. The summed E-state index contributed by atoms with van der Waals surface area (Å²) in [6, 6.07) is 8.64. The number of aryl methyl sites for hydroxylation is 1. The van der Waals surface area contributed by atoms with E-state index in [1.54, 1.807) is 25.3 Å². The number of halogens is 3. The predicted octanol–water partition coefficient (Wildman–Crippen LogP) is 4.06. The van der Waals surface area contributed by atoms with Gasteiger partial charge in [0.1, 0.15) is 0 Å². The average Bonchev–Trinajstić information content (AvgIpc) is 2.85. The van der Waals surface area contributed by atoms with Crippen LogP contribution < -0.4 is 0 Å². The summed E-state index contributed by atoms with van der Waals surface area (Å²) in [6.45, 7) is 1.67. The number of nitrogens with zero attached hydrogens (tertiary/aromatic N) is 4. The number of hydrogen-bond donors (Lipinski definition) is 0. The van der Waals surface area contributed by atoms with Crippen molar-refractivity contribution in [3.8, 4) is 29.5 Å². The molecular weight excluding hydrogens is 329 g/mol. The standard InChI is InChI=1S/C18H7F3N4/c1-9-2-12-13-5-16(18(19,20)21)11(7-23)4-15(13)17(25-8-24)14(12)3-10(9)6-22/h2-5H,1H3. The van der Waals surface area contributed by atoms with Gasteiger partial charge in [0.2, 0.25) is 6.19 Å². The normalized spacial score (nSPS) is 13.6. The molecule has 3 rings (SSSR count). The van der Waals surface area contributed by atoms with Crippen molar-refractivity contribution >= 4 is 5.71 Å². The van der Waals surface area contributed by atoms with E-state index in [1.807, 2.05) is 6.07 Å². The summed E-state index contributed by atoms with van der Waals surface area (Å²) in [5, 5.41) is 27.2. The first kappa shape index (κ1) is 16.2. The Morgan fingerprint density at radius 2 is 1.40 bits per heavy atom. The number of rotatable bonds is 0. The number of hydrogen-bond acceptors (Lipinski definition) is 4. The molecule has 0 aliphatic heterocycles. The maximum Gasteiger partial charge on any atom is 0.417 e. The molecule has 4 nitrogen and oxygen atoms in total. The highest BCUT2D eigenvalue weighted by molar-refractivity contribution is 6.25. The second-order valence-electron chi connectivity index (χ2n) is 5.44. The lowest BCUT2D eigenvalue weighted by atomic mass is 9.96. The molecule has 0 saturated heterocycles. The predicted molar refractivity (Wildman–Crippen MR) is 82.3 cm³/mol. The summed E-state index contributed by atoms with van der Waals surface area (Å²) in [6.07, 6.45) is -3.06. The third-order valence-corrected chi connectivity index (χ3v) is 4.03. The minimum atomic E-state index is -4.68. The Hall–Kier alpha value is -3.63. The zero-order valence-corrected chi connectivity index (χ0v) is 12.7. The molecule has 0 radical (unpaired) electrons. The smallest absolute Gasteiger partial charge is 0.192 e. The molecule has 2 aromatic carbocycles. The molecular formula is C18H7F3N4. The first-order valence-corrected chi connectivity index (χ1v) is 6.99. The number of nitriles is 3. The van der Waals surface area contributed by atoms with Gasteiger partial charge < -0.3 is 0 Å². The van der Waals surface area contributed by atoms with Crippen LogP contribution in [0.15, 0.2) is 29.3 Å². The van der Waals surface area contributed by atoms with E-state index in [1.165, 1.54) is 6.07 Å². The van der Waals surface area contributed by atoms with Crippen molar-refractivity contribution in [1.29, 1.82) is 15.8 Å². The van der Waals surface area contributed by atoms with Gasteiger partial charge in [-0.1, -0.05) is 0 Å². The molecule has 0 fully saturated rings. The molecule has 0 spiro atoms. The molecule has 1 aliphatic carbocycles. The van der Waals surface area contributed by atoms with Crippen molar-refractivity contribution < 1.29 is 13.2 Å². The fourth-order valence-electron chi connectivity index (χ4n) is 2.91. The fraction of sp³-hybridized carbons (Fsp3) is 0.111. The van der Waals surface area contributed by atoms with Crippen molar-refractivity contribution in [2.75, 3.05) is 0 Å². The SMILES string of the molecule is Cc1cc2c(cc1C#N)C(=NC#N)c1cc(C#N)c(C(F)(F)F)cc1-2. The minimum Gasteiger partial charge on any atom is -0.192 e. The van der Waals surface area contributed by atoms with Crippen molar-refractivity contribution in [1.82, 2.24) is 0 Å². The van der Waals surface area contributed by atoms with Crippen LogP contribution in [0, 0.1) is 41.0 Å². The van der Waals surface area contributed by atoms with Gasteiger partial charge in [-0.25, -0.2) is 0 Å². The first-order valence-electron chi connectivity index (χ1n) is 6.99. The Morgan fingerprint density at radius 1 is 0.840 bits per heavy atom. The van der Waals surface area contributed by atoms with Crippen LogP contribution in [0.2, 0.25) is 0 Å². The minimum absolute atomic E-state index is 0.161. The van der Waals surface area contributed by atoms with Gasteiger partial charge in [0, 0.05) is 11.1 Å². The van der Waals surface area contributed by atoms with Gasteiger partial charge in [0.15, 0.2) is 0 Å². The molecule has 0 atom stereocenters. The van der Waals surface area contributed by atoms with Gasteiger partial charge in [0.05, 0.1) is 34.5 Å². The number of aliphatic imine (C=N–C) groups is 1. The van der Waals surface area contributed by atoms with Crippen molar-refractivity contribution in [3.05, 3.63) is 57.6 Å². The summed E-state index contributed by atoms with van der Waals surface area (Å²) >= 11 is 0. The van der Waals surface area contributed by atoms with E-state index < -0.39 is 17.3 Å². The van der Waals surface area contributed by atoms with E-state index in [9.17, 15) is 13.2 Å². The van der Waals surface area contributed by atoms with Crippen LogP contribution in [0.25, 0.3) is 11.1 Å². The quantitative estimate of drug-likeness (QED) is 0.580. The van der Waals surface area contributed by atoms with Crippen LogP contribution in [0.5, 0.6) is 0 Å². The topological polar surface area (TPSA) is 83.7 Å². The van der Waals surface area contributed by atoms with Crippen LogP contribution in [-0.2, 0) is 6.18 Å². The van der Waals surface area contributed by atoms with Gasteiger partial charge in [-0.3, -0.25) is 0 Å². The largest absolute Gasteiger partial charge is 0.417 e. The second kappa shape index (κ2) is 5.47. The molecule has 0 amide bonds. The van der Waals surface area contributed by atoms with Crippen LogP contribution in [-0.4, -0.2) is 5.71 Å². The Morgan fingerprint density at radius 3 is 1.92 bits per heavy atom. The molecule has 2 aromatic rings. The van der Waals surface area contributed by atoms with Gasteiger partial charge in [0.25, 0.3) is 0 Å². The van der Waals surface area contributed by atoms with Gasteiger partial charge in [-0.05, 0) is 47.9 Å². The molecule has 0 aromatic heterocycles. The third kappa shape index (κ3) is 2.41. The number of alkyl halides is 3. The summed E-state index contributed by atoms with van der Waals surface area (Å²) in [4.78, 5) is 3.70. The number of benzene rings is 2. The van der Waals surface area contributed by atoms with Crippen molar-refractivity contribution in [2.45, 2.75) is 13.1 Å². The summed E-state index contributed by atoms with van der Waals surface area (Å²) in [7, 11) is 0. The molecule has 0 heterocycles. The van der Waals surface area contributed by atoms with E-state index in [2.05, 4.69) is 4.99 Å². The van der Waals surface area contributed by atoms with Gasteiger partial charge in [-0.2, -0.15) is 33.9 Å². The van der Waals surface area contributed by atoms with Crippen molar-refractivity contribution in [3.63, 3.8) is 0 Å². The Bertz CT molecular complexity index is 1070. The zero-order chi connectivity index (χ0) is 18.4. The van der Waals surface area contributed by atoms with E-state index in [4.69, 9.17) is 15.8 Å². The number of fused-ring (bicyclic) bond motifs is 3. The zero-order valence-electron chi connectivity index (χ0n) is 12.7. The molecule has 0 bridgehead atoms. The maximum atomic E-state index is 13.2. The Labute approximate surface area is 140 Å². The lowest BCUT2D eigenvalue weighted by molar-refractivity contribution is -0.137. The molecule has 1 aliphatic rings. The van der Waals surface area contributed by atoms with E-state index in [0.29, 0.717) is 22.3 Å². The molecule has 0 unspecified atom stereocenters. The van der Waals surface area contributed by atoms with Gasteiger partial charge >= 0.3 is 6.18 Å². The monoisotopic (exact) mass is 336 g/mol. The maximum absolute atomic E-state index is 13.2. The van der Waals surface area contributed by atoms with E-state index in [-0.39, 0.29) is 16.8 Å². The summed E-state index contributed by atoms with van der Waals surface area (Å²) in [5.74, 6) is 0. The summed E-state index contributed by atoms with van der Waals surface area (Å²) in [5.41, 5.74) is 0.893. The molecule has 0 saturated carbocycles. The van der Waals surface area contributed by atoms with Crippen LogP contribution in [0.3, 0.4) is 0 Å². The van der Waals surface area contributed by atoms with Crippen LogP contribution in [0.4, 0.5) is 13.2 Å². The molecule has 7 heteroatoms. The highest BCUT2D eigenvalue weighted by atomic mass is 19.4. The molecule has 120 valence electrons. The molecule has 0 N–H and O–H groups in total. The van der Waals surface area contributed by atoms with Crippen LogP contribution in [0.1, 0.15) is 33.4 Å². The van der Waals surface area contributed by atoms with Gasteiger partial charge in [-0.15, -0.1) is 0 Å². The van der Waals surface area contributed by atoms with Crippen molar-refractivity contribution in [2.24, 2.45) is 4.99 Å². The fourth-order valence-corrected chi connectivity index (χ4v) is 2.91. The third-order valence-electron chi connectivity index (χ3n) is 4.03. The second-order valence-corrected chi connectivity index (χ2v) is 5.44. The lowest BCUT2D eigenvalue weighted by Gasteiger charge is -2.11. The average molecular weight is 336 g/mol. The highest BCUT2D eigenvalue weighted by Crippen LogP contribution is 2.43. The lowest BCUT2D eigenvalue weighted by Crippen LogP contribution is -2.09. The Kier molecular flexibility index (Phi) is 3.55. The van der Waals surface area contributed by atoms with E-state index in [0.717, 1.165) is 12.1 Å². The highest BCUT2D eigenvalue weighted by Gasteiger charge is 2.37. The summed E-state index contributed by atoms with van der Waals surface area (Å²) < 4.78 is 39.7. The molecule has 25 heavy (non-hydrogen) atoms. The first-order chi connectivity index (χ1) is 11.8.